The standard InChI is InChI=1S/C13H14N2O2S/c1-8-2-3-10-11(6-8)18-13(14-10)15-12(16)9-4-5-17-7-9/h4-5,7-8H,2-3,6H2,1H3,(H,14,15,16)/t8-/m1/s1. The van der Waals surface area contributed by atoms with E-state index >= 15 is 0 Å². The van der Waals surface area contributed by atoms with Crippen LogP contribution in [0.1, 0.15) is 34.3 Å². The number of thiazole rings is 1. The maximum atomic E-state index is 11.8. The highest BCUT2D eigenvalue weighted by Gasteiger charge is 2.20. The van der Waals surface area contributed by atoms with E-state index in [0.29, 0.717) is 10.7 Å². The molecule has 0 radical (unpaired) electrons. The monoisotopic (exact) mass is 262 g/mol. The molecule has 0 unspecified atom stereocenters. The Hall–Kier alpha value is -1.62. The molecule has 2 aromatic rings. The van der Waals surface area contributed by atoms with Crippen LogP contribution >= 0.6 is 11.3 Å². The van der Waals surface area contributed by atoms with Crippen molar-refractivity contribution in [3.8, 4) is 0 Å². The fourth-order valence-corrected chi connectivity index (χ4v) is 3.32. The molecule has 0 fully saturated rings. The number of fused-ring (bicyclic) bond motifs is 1. The molecule has 3 rings (SSSR count). The lowest BCUT2D eigenvalue weighted by Gasteiger charge is -2.15. The van der Waals surface area contributed by atoms with E-state index in [4.69, 9.17) is 4.42 Å². The predicted octanol–water partition coefficient (Wildman–Crippen LogP) is 3.11. The van der Waals surface area contributed by atoms with Crippen molar-refractivity contribution in [3.05, 3.63) is 34.7 Å². The molecule has 18 heavy (non-hydrogen) atoms. The highest BCUT2D eigenvalue weighted by atomic mass is 32.1. The largest absolute Gasteiger partial charge is 0.472 e. The molecule has 1 aliphatic carbocycles. The van der Waals surface area contributed by atoms with Crippen molar-refractivity contribution in [2.75, 3.05) is 5.32 Å². The number of furan rings is 1. The van der Waals surface area contributed by atoms with Crippen LogP contribution in [-0.2, 0) is 12.8 Å². The molecule has 0 spiro atoms. The maximum Gasteiger partial charge on any atom is 0.260 e. The number of anilines is 1. The van der Waals surface area contributed by atoms with Gasteiger partial charge in [-0.05, 0) is 31.2 Å². The van der Waals surface area contributed by atoms with Gasteiger partial charge in [-0.2, -0.15) is 0 Å². The molecule has 2 aromatic heterocycles. The number of amides is 1. The van der Waals surface area contributed by atoms with Crippen molar-refractivity contribution < 1.29 is 9.21 Å². The fraction of sp³-hybridized carbons (Fsp3) is 0.385. The van der Waals surface area contributed by atoms with Gasteiger partial charge < -0.3 is 4.42 Å². The molecule has 94 valence electrons. The number of rotatable bonds is 2. The number of carbonyl (C=O) groups is 1. The van der Waals surface area contributed by atoms with Crippen LogP contribution in [0.2, 0.25) is 0 Å². The van der Waals surface area contributed by atoms with Crippen molar-refractivity contribution in [2.45, 2.75) is 26.2 Å². The third-order valence-electron chi connectivity index (χ3n) is 3.19. The zero-order valence-electron chi connectivity index (χ0n) is 10.1. The number of hydrogen-bond donors (Lipinski definition) is 1. The zero-order valence-corrected chi connectivity index (χ0v) is 10.9. The Balaban J connectivity index is 1.76. The van der Waals surface area contributed by atoms with Crippen LogP contribution in [0.3, 0.4) is 0 Å². The molecule has 1 atom stereocenters. The number of aryl methyl sites for hydroxylation is 1. The van der Waals surface area contributed by atoms with Crippen LogP contribution in [-0.4, -0.2) is 10.9 Å². The van der Waals surface area contributed by atoms with E-state index in [1.54, 1.807) is 17.4 Å². The van der Waals surface area contributed by atoms with Crippen LogP contribution in [0.25, 0.3) is 0 Å². The van der Waals surface area contributed by atoms with Crippen LogP contribution in [0, 0.1) is 5.92 Å². The van der Waals surface area contributed by atoms with Crippen molar-refractivity contribution in [1.29, 1.82) is 0 Å². The van der Waals surface area contributed by atoms with E-state index in [-0.39, 0.29) is 5.91 Å². The summed E-state index contributed by atoms with van der Waals surface area (Å²) in [5.74, 6) is 0.554. The number of carbonyl (C=O) groups excluding carboxylic acids is 1. The molecular formula is C13H14N2O2S. The minimum atomic E-state index is -0.164. The zero-order chi connectivity index (χ0) is 12.5. The van der Waals surface area contributed by atoms with Crippen molar-refractivity contribution >= 4 is 22.4 Å². The van der Waals surface area contributed by atoms with E-state index in [2.05, 4.69) is 17.2 Å². The van der Waals surface area contributed by atoms with E-state index < -0.39 is 0 Å². The molecule has 0 aliphatic heterocycles. The summed E-state index contributed by atoms with van der Waals surface area (Å²) >= 11 is 1.59. The number of hydrogen-bond acceptors (Lipinski definition) is 4. The second-order valence-corrected chi connectivity index (χ2v) is 5.79. The van der Waals surface area contributed by atoms with Gasteiger partial charge in [0, 0.05) is 4.88 Å². The summed E-state index contributed by atoms with van der Waals surface area (Å²) in [6.07, 6.45) is 6.21. The number of aromatic nitrogens is 1. The van der Waals surface area contributed by atoms with Gasteiger partial charge in [-0.25, -0.2) is 4.98 Å². The molecule has 1 aliphatic rings. The third-order valence-corrected chi connectivity index (χ3v) is 4.23. The van der Waals surface area contributed by atoms with Crippen molar-refractivity contribution in [1.82, 2.24) is 4.98 Å². The smallest absolute Gasteiger partial charge is 0.260 e. The summed E-state index contributed by atoms with van der Waals surface area (Å²) in [5, 5.41) is 3.52. The summed E-state index contributed by atoms with van der Waals surface area (Å²) in [5.41, 5.74) is 1.68. The normalized spacial score (nSPS) is 18.4. The van der Waals surface area contributed by atoms with Gasteiger partial charge >= 0.3 is 0 Å². The first-order valence-electron chi connectivity index (χ1n) is 6.04. The van der Waals surface area contributed by atoms with E-state index in [1.807, 2.05) is 0 Å². The fourth-order valence-electron chi connectivity index (χ4n) is 2.16. The summed E-state index contributed by atoms with van der Waals surface area (Å²) < 4.78 is 4.89. The second kappa shape index (κ2) is 4.57. The molecule has 2 heterocycles. The second-order valence-electron chi connectivity index (χ2n) is 4.70. The number of nitrogens with zero attached hydrogens (tertiary/aromatic N) is 1. The van der Waals surface area contributed by atoms with E-state index in [0.717, 1.165) is 24.5 Å². The Bertz CT molecular complexity index is 560. The molecule has 1 amide bonds. The minimum absolute atomic E-state index is 0.164. The average Bonchev–Trinajstić information content (AvgIpc) is 2.95. The molecule has 0 saturated heterocycles. The van der Waals surface area contributed by atoms with Gasteiger partial charge in [0.15, 0.2) is 5.13 Å². The Kier molecular flexibility index (Phi) is 2.91. The van der Waals surface area contributed by atoms with Gasteiger partial charge in [-0.3, -0.25) is 10.1 Å². The van der Waals surface area contributed by atoms with E-state index in [9.17, 15) is 4.79 Å². The van der Waals surface area contributed by atoms with Crippen LogP contribution < -0.4 is 5.32 Å². The Morgan fingerprint density at radius 3 is 3.28 bits per heavy atom. The highest BCUT2D eigenvalue weighted by Crippen LogP contribution is 2.32. The first kappa shape index (κ1) is 11.5. The lowest BCUT2D eigenvalue weighted by Crippen LogP contribution is -2.11. The highest BCUT2D eigenvalue weighted by molar-refractivity contribution is 7.15. The first-order chi connectivity index (χ1) is 8.72. The molecule has 0 saturated carbocycles. The van der Waals surface area contributed by atoms with Crippen LogP contribution in [0.15, 0.2) is 23.0 Å². The SMILES string of the molecule is C[C@@H]1CCc2nc(NC(=O)c3ccoc3)sc2C1. The number of nitrogens with one attached hydrogen (secondary N) is 1. The van der Waals surface area contributed by atoms with Crippen LogP contribution in [0.5, 0.6) is 0 Å². The Morgan fingerprint density at radius 1 is 1.61 bits per heavy atom. The lowest BCUT2D eigenvalue weighted by molar-refractivity contribution is 0.102. The van der Waals surface area contributed by atoms with Crippen molar-refractivity contribution in [3.63, 3.8) is 0 Å². The summed E-state index contributed by atoms with van der Waals surface area (Å²) in [6.45, 7) is 2.26. The van der Waals surface area contributed by atoms with Gasteiger partial charge in [0.1, 0.15) is 6.26 Å². The molecular weight excluding hydrogens is 248 g/mol. The van der Waals surface area contributed by atoms with Gasteiger partial charge in [0.2, 0.25) is 0 Å². The van der Waals surface area contributed by atoms with Gasteiger partial charge in [-0.15, -0.1) is 11.3 Å². The molecule has 1 N–H and O–H groups in total. The summed E-state index contributed by atoms with van der Waals surface area (Å²) in [7, 11) is 0. The van der Waals surface area contributed by atoms with Gasteiger partial charge in [-0.1, -0.05) is 6.92 Å². The quantitative estimate of drug-likeness (QED) is 0.904. The Labute approximate surface area is 109 Å². The van der Waals surface area contributed by atoms with E-state index in [1.165, 1.54) is 23.8 Å². The minimum Gasteiger partial charge on any atom is -0.472 e. The topological polar surface area (TPSA) is 55.1 Å². The van der Waals surface area contributed by atoms with Gasteiger partial charge in [0.05, 0.1) is 17.5 Å². The van der Waals surface area contributed by atoms with Gasteiger partial charge in [0.25, 0.3) is 5.91 Å². The van der Waals surface area contributed by atoms with Crippen LogP contribution in [0.4, 0.5) is 5.13 Å². The lowest BCUT2D eigenvalue weighted by atomic mass is 9.93. The summed E-state index contributed by atoms with van der Waals surface area (Å²) in [6, 6.07) is 1.64. The molecule has 0 bridgehead atoms. The third kappa shape index (κ3) is 2.18. The Morgan fingerprint density at radius 2 is 2.50 bits per heavy atom. The average molecular weight is 262 g/mol. The predicted molar refractivity (Wildman–Crippen MR) is 70.0 cm³/mol. The first-order valence-corrected chi connectivity index (χ1v) is 6.86. The summed E-state index contributed by atoms with van der Waals surface area (Å²) in [4.78, 5) is 17.7. The molecule has 4 nitrogen and oxygen atoms in total. The molecule has 5 heteroatoms. The maximum absolute atomic E-state index is 11.8. The molecule has 0 aromatic carbocycles. The van der Waals surface area contributed by atoms with Crippen molar-refractivity contribution in [2.24, 2.45) is 5.92 Å².